The second-order valence-corrected chi connectivity index (χ2v) is 6.44. The van der Waals surface area contributed by atoms with Crippen LogP contribution in [-0.2, 0) is 10.2 Å². The fourth-order valence-electron chi connectivity index (χ4n) is 1.92. The molecule has 1 aliphatic heterocycles. The number of hydrogen-bond donors (Lipinski definition) is 1. The quantitative estimate of drug-likeness (QED) is 0.840. The molecule has 0 amide bonds. The summed E-state index contributed by atoms with van der Waals surface area (Å²) in [6.07, 6.45) is 2.54. The molecule has 18 heavy (non-hydrogen) atoms. The molecule has 1 unspecified atom stereocenters. The lowest BCUT2D eigenvalue weighted by Gasteiger charge is -2.19. The van der Waals surface area contributed by atoms with Crippen LogP contribution in [0.3, 0.4) is 0 Å². The molecular weight excluding hydrogens is 252 g/mol. The largest absolute Gasteiger partial charge is 0.355 e. The van der Waals surface area contributed by atoms with Gasteiger partial charge in [-0.15, -0.1) is 0 Å². The predicted molar refractivity (Wildman–Crippen MR) is 70.6 cm³/mol. The van der Waals surface area contributed by atoms with Gasteiger partial charge >= 0.3 is 0 Å². The van der Waals surface area contributed by atoms with Crippen molar-refractivity contribution in [3.63, 3.8) is 0 Å². The normalized spacial score (nSPS) is 20.6. The van der Waals surface area contributed by atoms with E-state index in [-0.39, 0.29) is 6.04 Å². The van der Waals surface area contributed by atoms with Crippen molar-refractivity contribution in [2.75, 3.05) is 32.1 Å². The molecule has 1 aromatic heterocycles. The van der Waals surface area contributed by atoms with Crippen LogP contribution in [0.1, 0.15) is 6.42 Å². The highest BCUT2D eigenvalue weighted by Crippen LogP contribution is 2.17. The van der Waals surface area contributed by atoms with Gasteiger partial charge in [0.25, 0.3) is 10.2 Å². The maximum atomic E-state index is 11.7. The van der Waals surface area contributed by atoms with Gasteiger partial charge in [-0.25, -0.2) is 4.98 Å². The van der Waals surface area contributed by atoms with Crippen molar-refractivity contribution in [3.8, 4) is 0 Å². The number of nitrogens with one attached hydrogen (secondary N) is 1. The van der Waals surface area contributed by atoms with E-state index in [1.165, 1.54) is 18.4 Å². The molecule has 1 N–H and O–H groups in total. The first-order valence-electron chi connectivity index (χ1n) is 5.85. The molecule has 2 heterocycles. The zero-order valence-corrected chi connectivity index (χ0v) is 11.4. The molecule has 7 heteroatoms. The average molecular weight is 270 g/mol. The van der Waals surface area contributed by atoms with Gasteiger partial charge in [0.2, 0.25) is 0 Å². The number of pyridine rings is 1. The van der Waals surface area contributed by atoms with Crippen LogP contribution >= 0.6 is 0 Å². The Kier molecular flexibility index (Phi) is 3.84. The van der Waals surface area contributed by atoms with Crippen LogP contribution in [0.4, 0.5) is 5.82 Å². The highest BCUT2D eigenvalue weighted by Gasteiger charge is 2.27. The highest BCUT2D eigenvalue weighted by atomic mass is 32.2. The van der Waals surface area contributed by atoms with Crippen molar-refractivity contribution >= 4 is 16.0 Å². The number of nitrogens with zero attached hydrogens (tertiary/aromatic N) is 3. The van der Waals surface area contributed by atoms with E-state index in [9.17, 15) is 8.42 Å². The molecule has 0 aliphatic carbocycles. The molecule has 1 saturated heterocycles. The van der Waals surface area contributed by atoms with Crippen LogP contribution < -0.4 is 9.62 Å². The van der Waals surface area contributed by atoms with E-state index in [4.69, 9.17) is 0 Å². The van der Waals surface area contributed by atoms with Gasteiger partial charge in [0.05, 0.1) is 0 Å². The summed E-state index contributed by atoms with van der Waals surface area (Å²) >= 11 is 0. The van der Waals surface area contributed by atoms with E-state index < -0.39 is 10.2 Å². The fraction of sp³-hybridized carbons (Fsp3) is 0.545. The van der Waals surface area contributed by atoms with Crippen LogP contribution in [-0.4, -0.2) is 50.9 Å². The molecule has 2 rings (SSSR count). The molecule has 6 nitrogen and oxygen atoms in total. The van der Waals surface area contributed by atoms with E-state index in [2.05, 4.69) is 14.6 Å². The first-order valence-corrected chi connectivity index (χ1v) is 7.29. The van der Waals surface area contributed by atoms with E-state index in [0.29, 0.717) is 6.54 Å². The van der Waals surface area contributed by atoms with Crippen LogP contribution in [0.5, 0.6) is 0 Å². The van der Waals surface area contributed by atoms with Gasteiger partial charge in [-0.1, -0.05) is 6.07 Å². The van der Waals surface area contributed by atoms with Gasteiger partial charge in [-0.3, -0.25) is 0 Å². The van der Waals surface area contributed by atoms with Crippen molar-refractivity contribution in [3.05, 3.63) is 24.4 Å². The molecule has 0 aromatic carbocycles. The fourth-order valence-corrected chi connectivity index (χ4v) is 2.75. The summed E-state index contributed by atoms with van der Waals surface area (Å²) in [4.78, 5) is 6.35. The topological polar surface area (TPSA) is 65.5 Å². The lowest BCUT2D eigenvalue weighted by Crippen LogP contribution is -2.43. The van der Waals surface area contributed by atoms with Crippen LogP contribution in [0.2, 0.25) is 0 Å². The third-order valence-corrected chi connectivity index (χ3v) is 4.55. The summed E-state index contributed by atoms with van der Waals surface area (Å²) in [5, 5.41) is 0. The molecule has 0 radical (unpaired) electrons. The van der Waals surface area contributed by atoms with Gasteiger partial charge in [-0.05, 0) is 18.6 Å². The minimum absolute atomic E-state index is 0.0561. The summed E-state index contributed by atoms with van der Waals surface area (Å²) in [6, 6.07) is 5.67. The van der Waals surface area contributed by atoms with Crippen LogP contribution in [0.15, 0.2) is 24.4 Å². The van der Waals surface area contributed by atoms with E-state index in [1.807, 2.05) is 18.2 Å². The van der Waals surface area contributed by atoms with E-state index in [0.717, 1.165) is 18.8 Å². The Hall–Kier alpha value is -1.18. The van der Waals surface area contributed by atoms with Gasteiger partial charge < -0.3 is 4.90 Å². The average Bonchev–Trinajstić information content (AvgIpc) is 2.78. The Labute approximate surface area is 108 Å². The maximum Gasteiger partial charge on any atom is 0.279 e. The minimum Gasteiger partial charge on any atom is -0.355 e. The first-order chi connectivity index (χ1) is 8.49. The third-order valence-electron chi connectivity index (χ3n) is 2.96. The monoisotopic (exact) mass is 270 g/mol. The minimum atomic E-state index is -3.35. The molecule has 1 aromatic rings. The Morgan fingerprint density at radius 1 is 1.44 bits per heavy atom. The van der Waals surface area contributed by atoms with Gasteiger partial charge in [0.1, 0.15) is 5.82 Å². The molecule has 1 atom stereocenters. The summed E-state index contributed by atoms with van der Waals surface area (Å²) in [7, 11) is -0.308. The smallest absolute Gasteiger partial charge is 0.279 e. The Morgan fingerprint density at radius 2 is 2.22 bits per heavy atom. The van der Waals surface area contributed by atoms with Crippen molar-refractivity contribution < 1.29 is 8.42 Å². The number of hydrogen-bond acceptors (Lipinski definition) is 4. The molecule has 0 bridgehead atoms. The molecular formula is C11H18N4O2S. The van der Waals surface area contributed by atoms with E-state index in [1.54, 1.807) is 6.20 Å². The lowest BCUT2D eigenvalue weighted by molar-refractivity contribution is 0.491. The highest BCUT2D eigenvalue weighted by molar-refractivity contribution is 7.87. The third kappa shape index (κ3) is 2.98. The van der Waals surface area contributed by atoms with Crippen molar-refractivity contribution in [2.45, 2.75) is 12.5 Å². The first kappa shape index (κ1) is 13.3. The van der Waals surface area contributed by atoms with Crippen LogP contribution in [0, 0.1) is 0 Å². The van der Waals surface area contributed by atoms with Crippen molar-refractivity contribution in [1.29, 1.82) is 0 Å². The molecule has 1 aliphatic rings. The Morgan fingerprint density at radius 3 is 2.83 bits per heavy atom. The number of aromatic nitrogens is 1. The van der Waals surface area contributed by atoms with E-state index >= 15 is 0 Å². The van der Waals surface area contributed by atoms with Crippen molar-refractivity contribution in [1.82, 2.24) is 14.0 Å². The zero-order chi connectivity index (χ0) is 13.2. The standard InChI is InChI=1S/C11H18N4O2S/c1-14(2)18(16,17)13-10-6-8-15(9-10)11-5-3-4-7-12-11/h3-5,7,10,13H,6,8-9H2,1-2H3. The lowest BCUT2D eigenvalue weighted by atomic mass is 10.3. The van der Waals surface area contributed by atoms with Gasteiger partial charge in [0, 0.05) is 39.4 Å². The predicted octanol–water partition coefficient (Wildman–Crippen LogP) is 0.0563. The van der Waals surface area contributed by atoms with Gasteiger partial charge in [-0.2, -0.15) is 17.4 Å². The van der Waals surface area contributed by atoms with Crippen molar-refractivity contribution in [2.24, 2.45) is 0 Å². The summed E-state index contributed by atoms with van der Waals surface area (Å²) < 4.78 is 27.3. The second-order valence-electron chi connectivity index (χ2n) is 4.52. The summed E-state index contributed by atoms with van der Waals surface area (Å²) in [5.41, 5.74) is 0. The maximum absolute atomic E-state index is 11.7. The summed E-state index contributed by atoms with van der Waals surface area (Å²) in [5.74, 6) is 0.893. The summed E-state index contributed by atoms with van der Waals surface area (Å²) in [6.45, 7) is 1.47. The second kappa shape index (κ2) is 5.21. The molecule has 0 saturated carbocycles. The number of anilines is 1. The molecule has 1 fully saturated rings. The molecule has 100 valence electrons. The zero-order valence-electron chi connectivity index (χ0n) is 10.6. The van der Waals surface area contributed by atoms with Crippen LogP contribution in [0.25, 0.3) is 0 Å². The number of rotatable bonds is 4. The molecule has 0 spiro atoms. The Bertz CT molecular complexity index is 489. The Balaban J connectivity index is 1.98. The SMILES string of the molecule is CN(C)S(=O)(=O)NC1CCN(c2ccccn2)C1. The van der Waals surface area contributed by atoms with Gasteiger partial charge in [0.15, 0.2) is 0 Å².